The first-order valence-electron chi connectivity index (χ1n) is 10.7. The Morgan fingerprint density at radius 2 is 1.68 bits per heavy atom. The average Bonchev–Trinajstić information content (AvgIpc) is 2.83. The maximum Gasteiger partial charge on any atom is 0.257 e. The van der Waals surface area contributed by atoms with Gasteiger partial charge in [-0.2, -0.15) is 0 Å². The van der Waals surface area contributed by atoms with Gasteiger partial charge in [0.15, 0.2) is 5.11 Å². The fourth-order valence-corrected chi connectivity index (χ4v) is 3.85. The highest BCUT2D eigenvalue weighted by Crippen LogP contribution is 2.27. The summed E-state index contributed by atoms with van der Waals surface area (Å²) >= 11 is 8.90. The predicted octanol–water partition coefficient (Wildman–Crippen LogP) is 5.32. The van der Waals surface area contributed by atoms with Gasteiger partial charge in [-0.25, -0.2) is 0 Å². The Morgan fingerprint density at radius 1 is 1.00 bits per heavy atom. The minimum absolute atomic E-state index is 0.0159. The summed E-state index contributed by atoms with van der Waals surface area (Å²) < 4.78 is 6.36. The molecule has 3 aromatic rings. The van der Waals surface area contributed by atoms with Crippen LogP contribution in [-0.2, 0) is 6.54 Å². The van der Waals surface area contributed by atoms with E-state index in [1.54, 1.807) is 48.3 Å². The van der Waals surface area contributed by atoms with Gasteiger partial charge in [0, 0.05) is 19.2 Å². The van der Waals surface area contributed by atoms with Crippen molar-refractivity contribution in [2.24, 2.45) is 0 Å². The molecule has 0 aromatic heterocycles. The van der Waals surface area contributed by atoms with E-state index in [0.717, 1.165) is 5.56 Å². The number of hydrogen-bond acceptors (Lipinski definition) is 4. The molecule has 0 aliphatic carbocycles. The van der Waals surface area contributed by atoms with E-state index in [2.05, 4.69) is 26.6 Å². The Balaban J connectivity index is 1.69. The lowest BCUT2D eigenvalue weighted by Gasteiger charge is -2.23. The molecule has 176 valence electrons. The number of benzene rings is 3. The quantitative estimate of drug-likeness (QED) is 0.397. The van der Waals surface area contributed by atoms with Crippen molar-refractivity contribution in [2.75, 3.05) is 11.9 Å². The number of ether oxygens (including phenoxy) is 1. The van der Waals surface area contributed by atoms with Crippen LogP contribution in [0.25, 0.3) is 0 Å². The van der Waals surface area contributed by atoms with Crippen molar-refractivity contribution in [3.05, 3.63) is 94.0 Å². The normalized spacial score (nSPS) is 10.5. The number of nitrogens with zero attached hydrogens (tertiary/aromatic N) is 1. The third-order valence-corrected chi connectivity index (χ3v) is 5.88. The van der Waals surface area contributed by atoms with Crippen LogP contribution >= 0.6 is 28.1 Å². The molecule has 0 aliphatic rings. The van der Waals surface area contributed by atoms with Gasteiger partial charge in [-0.3, -0.25) is 14.9 Å². The zero-order chi connectivity index (χ0) is 24.7. The van der Waals surface area contributed by atoms with Crippen LogP contribution in [0.15, 0.2) is 77.3 Å². The number of carbonyl (C=O) groups excluding carboxylic acids is 2. The van der Waals surface area contributed by atoms with Crippen molar-refractivity contribution in [3.63, 3.8) is 0 Å². The van der Waals surface area contributed by atoms with E-state index in [0.29, 0.717) is 33.6 Å². The van der Waals surface area contributed by atoms with E-state index in [1.165, 1.54) is 0 Å². The number of hydrogen-bond donors (Lipinski definition) is 2. The molecule has 0 radical (unpaired) electrons. The Bertz CT molecular complexity index is 1180. The van der Waals surface area contributed by atoms with Crippen molar-refractivity contribution in [3.8, 4) is 5.75 Å². The standard InChI is InChI=1S/C26H26BrN3O3S/c1-17(2)33-23-14-13-19(15-21(23)27)24(31)29-26(34)30(3)22-12-8-7-11-20(22)25(32)28-16-18-9-5-4-6-10-18/h4-15,17H,16H2,1-3H3,(H,28,32)(H,29,31,34). The van der Waals surface area contributed by atoms with E-state index in [9.17, 15) is 9.59 Å². The van der Waals surface area contributed by atoms with E-state index < -0.39 is 0 Å². The first kappa shape index (κ1) is 25.4. The summed E-state index contributed by atoms with van der Waals surface area (Å²) in [5, 5.41) is 5.83. The van der Waals surface area contributed by atoms with Gasteiger partial charge in [0.1, 0.15) is 5.75 Å². The molecule has 0 aliphatic heterocycles. The topological polar surface area (TPSA) is 70.7 Å². The molecule has 0 unspecified atom stereocenters. The van der Waals surface area contributed by atoms with Crippen LogP contribution in [0.3, 0.4) is 0 Å². The number of nitrogens with one attached hydrogen (secondary N) is 2. The summed E-state index contributed by atoms with van der Waals surface area (Å²) in [6.07, 6.45) is 0.0159. The summed E-state index contributed by atoms with van der Waals surface area (Å²) in [7, 11) is 1.71. The van der Waals surface area contributed by atoms with Crippen LogP contribution < -0.4 is 20.3 Å². The Labute approximate surface area is 213 Å². The summed E-state index contributed by atoms with van der Waals surface area (Å²) in [4.78, 5) is 27.3. The second-order valence-corrected chi connectivity index (χ2v) is 9.06. The molecule has 34 heavy (non-hydrogen) atoms. The monoisotopic (exact) mass is 539 g/mol. The first-order valence-corrected chi connectivity index (χ1v) is 11.9. The molecule has 0 fully saturated rings. The Hall–Kier alpha value is -3.23. The van der Waals surface area contributed by atoms with Crippen molar-refractivity contribution < 1.29 is 14.3 Å². The maximum absolute atomic E-state index is 12.9. The summed E-state index contributed by atoms with van der Waals surface area (Å²) in [5.41, 5.74) is 2.46. The van der Waals surface area contributed by atoms with Crippen LogP contribution in [0.1, 0.15) is 40.1 Å². The van der Waals surface area contributed by atoms with E-state index in [4.69, 9.17) is 17.0 Å². The van der Waals surface area contributed by atoms with Crippen molar-refractivity contribution in [1.82, 2.24) is 10.6 Å². The van der Waals surface area contributed by atoms with E-state index in [1.807, 2.05) is 50.2 Å². The van der Waals surface area contributed by atoms with Gasteiger partial charge < -0.3 is 15.0 Å². The number of halogens is 1. The SMILES string of the molecule is CC(C)Oc1ccc(C(=O)NC(=S)N(C)c2ccccc2C(=O)NCc2ccccc2)cc1Br. The Kier molecular flexibility index (Phi) is 8.79. The maximum atomic E-state index is 12.9. The van der Waals surface area contributed by atoms with Crippen LogP contribution in [0.2, 0.25) is 0 Å². The highest BCUT2D eigenvalue weighted by Gasteiger charge is 2.19. The van der Waals surface area contributed by atoms with E-state index >= 15 is 0 Å². The molecule has 3 aromatic carbocycles. The van der Waals surface area contributed by atoms with Crippen molar-refractivity contribution in [2.45, 2.75) is 26.5 Å². The summed E-state index contributed by atoms with van der Waals surface area (Å²) in [5.74, 6) is 0.0615. The summed E-state index contributed by atoms with van der Waals surface area (Å²) in [6.45, 7) is 4.27. The van der Waals surface area contributed by atoms with Gasteiger partial charge in [0.2, 0.25) is 0 Å². The molecule has 0 atom stereocenters. The molecule has 3 rings (SSSR count). The van der Waals surface area contributed by atoms with Gasteiger partial charge in [-0.15, -0.1) is 0 Å². The molecule has 0 saturated heterocycles. The highest BCUT2D eigenvalue weighted by molar-refractivity contribution is 9.10. The van der Waals surface area contributed by atoms with Crippen LogP contribution in [0.5, 0.6) is 5.75 Å². The second kappa shape index (κ2) is 11.8. The second-order valence-electron chi connectivity index (χ2n) is 7.82. The minimum atomic E-state index is -0.361. The lowest BCUT2D eigenvalue weighted by atomic mass is 10.1. The zero-order valence-electron chi connectivity index (χ0n) is 19.2. The molecule has 0 spiro atoms. The molecule has 0 saturated carbocycles. The lowest BCUT2D eigenvalue weighted by molar-refractivity contribution is 0.0949. The minimum Gasteiger partial charge on any atom is -0.490 e. The molecular formula is C26H26BrN3O3S. The molecule has 0 bridgehead atoms. The first-order chi connectivity index (χ1) is 16.3. The molecule has 2 N–H and O–H groups in total. The third kappa shape index (κ3) is 6.65. The van der Waals surface area contributed by atoms with Gasteiger partial charge in [0.05, 0.1) is 21.8 Å². The molecule has 2 amide bonds. The smallest absolute Gasteiger partial charge is 0.257 e. The highest BCUT2D eigenvalue weighted by atomic mass is 79.9. The van der Waals surface area contributed by atoms with Crippen molar-refractivity contribution in [1.29, 1.82) is 0 Å². The molecule has 6 nitrogen and oxygen atoms in total. The number of carbonyl (C=O) groups is 2. The average molecular weight is 540 g/mol. The number of thiocarbonyl (C=S) groups is 1. The van der Waals surface area contributed by atoms with Crippen LogP contribution in [0, 0.1) is 0 Å². The van der Waals surface area contributed by atoms with Crippen molar-refractivity contribution >= 4 is 50.8 Å². The van der Waals surface area contributed by atoms with Gasteiger partial charge >= 0.3 is 0 Å². The van der Waals surface area contributed by atoms with Gasteiger partial charge in [-0.1, -0.05) is 42.5 Å². The van der Waals surface area contributed by atoms with Crippen LogP contribution in [0.4, 0.5) is 5.69 Å². The fourth-order valence-electron chi connectivity index (χ4n) is 3.19. The largest absolute Gasteiger partial charge is 0.490 e. The third-order valence-electron chi connectivity index (χ3n) is 4.89. The number of rotatable bonds is 7. The van der Waals surface area contributed by atoms with Gasteiger partial charge in [0.25, 0.3) is 11.8 Å². The number of amides is 2. The lowest BCUT2D eigenvalue weighted by Crippen LogP contribution is -2.41. The summed E-state index contributed by atoms with van der Waals surface area (Å²) in [6, 6.07) is 21.9. The number of anilines is 1. The number of para-hydroxylation sites is 1. The fraction of sp³-hybridized carbons (Fsp3) is 0.192. The molecule has 0 heterocycles. The molecule has 8 heteroatoms. The van der Waals surface area contributed by atoms with Crippen LogP contribution in [-0.4, -0.2) is 30.1 Å². The molecular weight excluding hydrogens is 514 g/mol. The van der Waals surface area contributed by atoms with E-state index in [-0.39, 0.29) is 23.0 Å². The zero-order valence-corrected chi connectivity index (χ0v) is 21.6. The van der Waals surface area contributed by atoms with Gasteiger partial charge in [-0.05, 0) is 77.9 Å². The Morgan fingerprint density at radius 3 is 2.35 bits per heavy atom. The predicted molar refractivity (Wildman–Crippen MR) is 142 cm³/mol.